The second kappa shape index (κ2) is 3.99. The molecule has 0 bridgehead atoms. The first-order valence-electron chi connectivity index (χ1n) is 6.99. The van der Waals surface area contributed by atoms with Crippen molar-refractivity contribution in [2.75, 3.05) is 7.05 Å². The van der Waals surface area contributed by atoms with E-state index in [4.69, 9.17) is 4.74 Å². The number of nitrogens with one attached hydrogen (secondary N) is 1. The summed E-state index contributed by atoms with van der Waals surface area (Å²) in [6.45, 7) is 6.66. The second-order valence-corrected chi connectivity index (χ2v) is 6.55. The van der Waals surface area contributed by atoms with E-state index < -0.39 is 0 Å². The zero-order valence-corrected chi connectivity index (χ0v) is 11.8. The van der Waals surface area contributed by atoms with E-state index in [2.05, 4.69) is 51.3 Å². The predicted octanol–water partition coefficient (Wildman–Crippen LogP) is 3.32. The molecule has 0 amide bonds. The van der Waals surface area contributed by atoms with Gasteiger partial charge in [0.25, 0.3) is 0 Å². The highest BCUT2D eigenvalue weighted by atomic mass is 16.5. The van der Waals surface area contributed by atoms with E-state index in [0.29, 0.717) is 6.04 Å². The van der Waals surface area contributed by atoms with Gasteiger partial charge in [-0.15, -0.1) is 0 Å². The fourth-order valence-corrected chi connectivity index (χ4v) is 3.27. The highest BCUT2D eigenvalue weighted by molar-refractivity contribution is 5.43. The number of ether oxygens (including phenoxy) is 1. The van der Waals surface area contributed by atoms with Gasteiger partial charge in [0.1, 0.15) is 11.4 Å². The molecule has 2 aliphatic rings. The first kappa shape index (κ1) is 12.0. The maximum absolute atomic E-state index is 5.94. The molecule has 2 nitrogen and oxygen atoms in total. The summed E-state index contributed by atoms with van der Waals surface area (Å²) in [7, 11) is 2.07. The topological polar surface area (TPSA) is 21.3 Å². The Morgan fingerprint density at radius 3 is 2.72 bits per heavy atom. The Bertz CT molecular complexity index is 466. The summed E-state index contributed by atoms with van der Waals surface area (Å²) in [6, 6.07) is 7.23. The molecule has 2 heteroatoms. The van der Waals surface area contributed by atoms with Gasteiger partial charge >= 0.3 is 0 Å². The summed E-state index contributed by atoms with van der Waals surface area (Å²) in [4.78, 5) is 0. The molecule has 18 heavy (non-hydrogen) atoms. The summed E-state index contributed by atoms with van der Waals surface area (Å²) < 4.78 is 5.94. The molecule has 3 unspecified atom stereocenters. The molecule has 1 N–H and O–H groups in total. The van der Waals surface area contributed by atoms with Crippen molar-refractivity contribution in [2.45, 2.75) is 45.3 Å². The number of benzene rings is 1. The zero-order chi connectivity index (χ0) is 12.9. The molecule has 1 aliphatic heterocycles. The van der Waals surface area contributed by atoms with Crippen LogP contribution in [0.25, 0.3) is 0 Å². The van der Waals surface area contributed by atoms with Crippen LogP contribution in [0.3, 0.4) is 0 Å². The molecule has 3 rings (SSSR count). The third-order valence-electron chi connectivity index (χ3n) is 4.36. The lowest BCUT2D eigenvalue weighted by molar-refractivity contribution is 0.138. The van der Waals surface area contributed by atoms with Crippen LogP contribution >= 0.6 is 0 Å². The van der Waals surface area contributed by atoms with Crippen LogP contribution in [0, 0.1) is 11.8 Å². The van der Waals surface area contributed by atoms with E-state index in [1.54, 1.807) is 0 Å². The van der Waals surface area contributed by atoms with Crippen molar-refractivity contribution < 1.29 is 4.74 Å². The lowest BCUT2D eigenvalue weighted by Gasteiger charge is -2.17. The molecule has 1 aromatic rings. The van der Waals surface area contributed by atoms with Gasteiger partial charge < -0.3 is 10.1 Å². The van der Waals surface area contributed by atoms with Gasteiger partial charge in [-0.25, -0.2) is 0 Å². The highest BCUT2D eigenvalue weighted by Crippen LogP contribution is 2.47. The molecule has 0 radical (unpaired) electrons. The molecule has 0 spiro atoms. The van der Waals surface area contributed by atoms with Gasteiger partial charge in [0, 0.05) is 12.5 Å². The Kier molecular flexibility index (Phi) is 2.67. The van der Waals surface area contributed by atoms with Crippen LogP contribution in [0.2, 0.25) is 0 Å². The molecule has 0 aromatic heterocycles. The third kappa shape index (κ3) is 2.03. The maximum atomic E-state index is 5.94. The first-order chi connectivity index (χ1) is 8.50. The molecule has 1 aromatic carbocycles. The molecule has 1 heterocycles. The normalized spacial score (nSPS) is 29.6. The van der Waals surface area contributed by atoms with Crippen LogP contribution < -0.4 is 10.1 Å². The van der Waals surface area contributed by atoms with E-state index in [-0.39, 0.29) is 5.60 Å². The molecule has 1 fully saturated rings. The lowest BCUT2D eigenvalue weighted by Crippen LogP contribution is -2.24. The van der Waals surface area contributed by atoms with E-state index in [1.165, 1.54) is 17.5 Å². The molecule has 0 saturated heterocycles. The quantitative estimate of drug-likeness (QED) is 0.882. The predicted molar refractivity (Wildman–Crippen MR) is 73.9 cm³/mol. The van der Waals surface area contributed by atoms with Gasteiger partial charge in [0.15, 0.2) is 0 Å². The van der Waals surface area contributed by atoms with Gasteiger partial charge in [0.05, 0.1) is 0 Å². The maximum Gasteiger partial charge on any atom is 0.123 e. The Hall–Kier alpha value is -1.02. The second-order valence-electron chi connectivity index (χ2n) is 6.55. The van der Waals surface area contributed by atoms with Gasteiger partial charge in [-0.1, -0.05) is 19.1 Å². The average molecular weight is 245 g/mol. The Balaban J connectivity index is 1.87. The fraction of sp³-hybridized carbons (Fsp3) is 0.625. The number of hydrogen-bond donors (Lipinski definition) is 1. The van der Waals surface area contributed by atoms with Crippen molar-refractivity contribution in [3.63, 3.8) is 0 Å². The number of rotatable bonds is 3. The molecule has 1 aliphatic carbocycles. The van der Waals surface area contributed by atoms with Crippen molar-refractivity contribution in [3.05, 3.63) is 29.3 Å². The minimum absolute atomic E-state index is 0.0387. The molecule has 3 atom stereocenters. The van der Waals surface area contributed by atoms with Gasteiger partial charge in [0.2, 0.25) is 0 Å². The van der Waals surface area contributed by atoms with E-state index in [9.17, 15) is 0 Å². The zero-order valence-electron chi connectivity index (χ0n) is 11.8. The largest absolute Gasteiger partial charge is 0.487 e. The summed E-state index contributed by atoms with van der Waals surface area (Å²) >= 11 is 0. The van der Waals surface area contributed by atoms with Crippen LogP contribution in [-0.4, -0.2) is 12.6 Å². The van der Waals surface area contributed by atoms with E-state index in [0.717, 1.165) is 24.0 Å². The van der Waals surface area contributed by atoms with Crippen LogP contribution in [0.1, 0.15) is 44.4 Å². The molecule has 1 saturated carbocycles. The van der Waals surface area contributed by atoms with Gasteiger partial charge in [-0.3, -0.25) is 0 Å². The Morgan fingerprint density at radius 1 is 1.39 bits per heavy atom. The standard InChI is InChI=1S/C16H23NO/c1-10-7-13(10)15(17-4)11-5-6-14-12(8-11)9-16(2,3)18-14/h5-6,8,10,13,15,17H,7,9H2,1-4H3. The van der Waals surface area contributed by atoms with Crippen LogP contribution in [0.5, 0.6) is 5.75 Å². The van der Waals surface area contributed by atoms with Crippen molar-refractivity contribution in [3.8, 4) is 5.75 Å². The van der Waals surface area contributed by atoms with Crippen molar-refractivity contribution in [2.24, 2.45) is 11.8 Å². The smallest absolute Gasteiger partial charge is 0.123 e. The van der Waals surface area contributed by atoms with Gasteiger partial charge in [-0.05, 0) is 56.3 Å². The summed E-state index contributed by atoms with van der Waals surface area (Å²) in [6.07, 6.45) is 2.37. The average Bonchev–Trinajstić information content (AvgIpc) is 2.89. The summed E-state index contributed by atoms with van der Waals surface area (Å²) in [5.74, 6) is 2.74. The molecular formula is C16H23NO. The minimum Gasteiger partial charge on any atom is -0.487 e. The van der Waals surface area contributed by atoms with Crippen molar-refractivity contribution in [1.29, 1.82) is 0 Å². The summed E-state index contributed by atoms with van der Waals surface area (Å²) in [5, 5.41) is 3.48. The number of fused-ring (bicyclic) bond motifs is 1. The van der Waals surface area contributed by atoms with E-state index in [1.807, 2.05) is 0 Å². The number of hydrogen-bond acceptors (Lipinski definition) is 2. The SMILES string of the molecule is CNC(c1ccc2c(c1)CC(C)(C)O2)C1CC1C. The summed E-state index contributed by atoms with van der Waals surface area (Å²) in [5.41, 5.74) is 2.75. The molecule has 98 valence electrons. The van der Waals surface area contributed by atoms with Crippen LogP contribution in [0.15, 0.2) is 18.2 Å². The Morgan fingerprint density at radius 2 is 2.11 bits per heavy atom. The van der Waals surface area contributed by atoms with Crippen LogP contribution in [0.4, 0.5) is 0 Å². The minimum atomic E-state index is -0.0387. The van der Waals surface area contributed by atoms with Crippen LogP contribution in [-0.2, 0) is 6.42 Å². The van der Waals surface area contributed by atoms with Gasteiger partial charge in [-0.2, -0.15) is 0 Å². The van der Waals surface area contributed by atoms with Crippen molar-refractivity contribution in [1.82, 2.24) is 5.32 Å². The molecular weight excluding hydrogens is 222 g/mol. The Labute approximate surface area is 110 Å². The lowest BCUT2D eigenvalue weighted by atomic mass is 9.95. The highest BCUT2D eigenvalue weighted by Gasteiger charge is 2.40. The first-order valence-corrected chi connectivity index (χ1v) is 6.99. The monoisotopic (exact) mass is 245 g/mol. The third-order valence-corrected chi connectivity index (χ3v) is 4.36. The fourth-order valence-electron chi connectivity index (χ4n) is 3.27. The van der Waals surface area contributed by atoms with Crippen molar-refractivity contribution >= 4 is 0 Å². The van der Waals surface area contributed by atoms with E-state index >= 15 is 0 Å².